The monoisotopic (exact) mass is 563 g/mol. The van der Waals surface area contributed by atoms with E-state index in [2.05, 4.69) is 5.32 Å². The summed E-state index contributed by atoms with van der Waals surface area (Å²) in [5.74, 6) is -0.101. The smallest absolute Gasteiger partial charge is 0.243 e. The number of hydrogen-bond acceptors (Lipinski definition) is 6. The highest BCUT2D eigenvalue weighted by Crippen LogP contribution is 2.30. The fraction of sp³-hybridized carbons (Fsp3) is 0.409. The highest BCUT2D eigenvalue weighted by molar-refractivity contribution is 7.92. The summed E-state index contributed by atoms with van der Waals surface area (Å²) in [6, 6.07) is 10.4. The Morgan fingerprint density at radius 3 is 2.29 bits per heavy atom. The van der Waals surface area contributed by atoms with Crippen LogP contribution in [-0.2, 0) is 24.8 Å². The molecule has 2 aromatic rings. The van der Waals surface area contributed by atoms with Gasteiger partial charge in [0.2, 0.25) is 26.0 Å². The maximum absolute atomic E-state index is 12.7. The number of nitrogens with zero attached hydrogens (tertiary/aromatic N) is 2. The summed E-state index contributed by atoms with van der Waals surface area (Å²) in [5, 5.41) is 3.03. The van der Waals surface area contributed by atoms with Gasteiger partial charge in [-0.1, -0.05) is 29.6 Å². The molecule has 2 aromatic carbocycles. The summed E-state index contributed by atoms with van der Waals surface area (Å²) < 4.78 is 57.8. The Balaban J connectivity index is 1.51. The van der Waals surface area contributed by atoms with E-state index in [-0.39, 0.29) is 28.8 Å². The molecule has 13 heteroatoms. The van der Waals surface area contributed by atoms with E-state index < -0.39 is 32.5 Å². The molecule has 1 aliphatic heterocycles. The molecule has 0 bridgehead atoms. The normalized spacial score (nSPS) is 14.9. The Labute approximate surface area is 216 Å². The van der Waals surface area contributed by atoms with Gasteiger partial charge >= 0.3 is 0 Å². The molecule has 1 aliphatic rings. The maximum atomic E-state index is 12.7. The molecular weight excluding hydrogens is 537 g/mol. The van der Waals surface area contributed by atoms with Crippen molar-refractivity contribution in [2.24, 2.45) is 0 Å². The van der Waals surface area contributed by atoms with E-state index in [9.17, 15) is 21.6 Å². The van der Waals surface area contributed by atoms with Gasteiger partial charge in [0.25, 0.3) is 0 Å². The number of rotatable bonds is 10. The summed E-state index contributed by atoms with van der Waals surface area (Å²) in [4.78, 5) is 12.6. The van der Waals surface area contributed by atoms with Gasteiger partial charge in [0.1, 0.15) is 18.9 Å². The van der Waals surface area contributed by atoms with E-state index in [1.54, 1.807) is 12.1 Å². The van der Waals surface area contributed by atoms with Crippen LogP contribution >= 0.6 is 23.2 Å². The predicted octanol–water partition coefficient (Wildman–Crippen LogP) is 3.13. The van der Waals surface area contributed by atoms with Gasteiger partial charge < -0.3 is 10.1 Å². The van der Waals surface area contributed by atoms with E-state index >= 15 is 0 Å². The first-order valence-corrected chi connectivity index (χ1v) is 15.0. The molecule has 192 valence electrons. The number of amides is 1. The molecule has 0 spiro atoms. The van der Waals surface area contributed by atoms with Crippen LogP contribution in [0, 0.1) is 0 Å². The molecule has 1 heterocycles. The van der Waals surface area contributed by atoms with Crippen molar-refractivity contribution < 1.29 is 26.4 Å². The van der Waals surface area contributed by atoms with Crippen molar-refractivity contribution in [1.29, 1.82) is 0 Å². The zero-order valence-corrected chi connectivity index (χ0v) is 22.3. The SMILES string of the molecule is CS(=O)(=O)N(CC(=O)NCCOc1ccc(S(=O)(=O)N2CCCCC2)cc1)c1ccc(Cl)cc1Cl. The number of anilines is 1. The minimum absolute atomic E-state index is 0.102. The number of benzene rings is 2. The second-order valence-electron chi connectivity index (χ2n) is 8.00. The fourth-order valence-corrected chi connectivity index (χ4v) is 6.52. The largest absolute Gasteiger partial charge is 0.492 e. The number of carbonyl (C=O) groups is 1. The topological polar surface area (TPSA) is 113 Å². The Bertz CT molecular complexity index is 1250. The lowest BCUT2D eigenvalue weighted by Crippen LogP contribution is -2.41. The average molecular weight is 565 g/mol. The number of piperidine rings is 1. The third-order valence-corrected chi connectivity index (χ3v) is 8.91. The Morgan fingerprint density at radius 2 is 1.69 bits per heavy atom. The molecule has 9 nitrogen and oxygen atoms in total. The molecule has 1 fully saturated rings. The van der Waals surface area contributed by atoms with Crippen LogP contribution in [0.1, 0.15) is 19.3 Å². The first-order chi connectivity index (χ1) is 16.5. The minimum atomic E-state index is -3.79. The Kier molecular flexibility index (Phi) is 9.28. The number of sulfonamides is 2. The molecule has 0 atom stereocenters. The van der Waals surface area contributed by atoms with Gasteiger partial charge in [0, 0.05) is 18.1 Å². The lowest BCUT2D eigenvalue weighted by Gasteiger charge is -2.25. The highest BCUT2D eigenvalue weighted by atomic mass is 35.5. The molecule has 0 aliphatic carbocycles. The Hall–Kier alpha value is -2.05. The highest BCUT2D eigenvalue weighted by Gasteiger charge is 2.26. The molecule has 0 aromatic heterocycles. The van der Waals surface area contributed by atoms with Gasteiger partial charge in [-0.3, -0.25) is 9.10 Å². The van der Waals surface area contributed by atoms with Crippen LogP contribution in [0.2, 0.25) is 10.0 Å². The summed E-state index contributed by atoms with van der Waals surface area (Å²) >= 11 is 12.0. The van der Waals surface area contributed by atoms with Gasteiger partial charge in [-0.2, -0.15) is 4.31 Å². The van der Waals surface area contributed by atoms with Gasteiger partial charge in [-0.15, -0.1) is 0 Å². The fourth-order valence-electron chi connectivity index (χ4n) is 3.57. The zero-order valence-electron chi connectivity index (χ0n) is 19.1. The van der Waals surface area contributed by atoms with Crippen LogP contribution in [0.3, 0.4) is 0 Å². The van der Waals surface area contributed by atoms with Gasteiger partial charge in [-0.25, -0.2) is 16.8 Å². The van der Waals surface area contributed by atoms with Gasteiger partial charge in [0.05, 0.1) is 28.4 Å². The van der Waals surface area contributed by atoms with E-state index in [0.29, 0.717) is 23.9 Å². The second-order valence-corrected chi connectivity index (χ2v) is 12.7. The van der Waals surface area contributed by atoms with E-state index in [0.717, 1.165) is 29.8 Å². The second kappa shape index (κ2) is 11.8. The number of halogens is 2. The molecule has 0 saturated carbocycles. The molecule has 1 N–H and O–H groups in total. The van der Waals surface area contributed by atoms with E-state index in [1.807, 2.05) is 0 Å². The summed E-state index contributed by atoms with van der Waals surface area (Å²) in [6.07, 6.45) is 3.74. The van der Waals surface area contributed by atoms with Crippen molar-refractivity contribution in [2.45, 2.75) is 24.2 Å². The van der Waals surface area contributed by atoms with Crippen molar-refractivity contribution >= 4 is 54.8 Å². The van der Waals surface area contributed by atoms with Crippen molar-refractivity contribution in [3.05, 3.63) is 52.5 Å². The van der Waals surface area contributed by atoms with Crippen LogP contribution in [0.4, 0.5) is 5.69 Å². The van der Waals surface area contributed by atoms with E-state index in [1.165, 1.54) is 34.6 Å². The zero-order chi connectivity index (χ0) is 25.6. The van der Waals surface area contributed by atoms with Crippen molar-refractivity contribution in [3.63, 3.8) is 0 Å². The molecular formula is C22H27Cl2N3O6S2. The summed E-state index contributed by atoms with van der Waals surface area (Å²) in [6.45, 7) is 0.801. The standard InChI is InChI=1S/C22H27Cl2N3O6S2/c1-34(29,30)27(21-10-5-17(23)15-20(21)24)16-22(28)25-11-14-33-18-6-8-19(9-7-18)35(31,32)26-12-3-2-4-13-26/h5-10,15H,2-4,11-14,16H2,1H3,(H,25,28). The molecule has 0 unspecified atom stereocenters. The average Bonchev–Trinajstić information content (AvgIpc) is 2.81. The number of carbonyl (C=O) groups excluding carboxylic acids is 1. The number of ether oxygens (including phenoxy) is 1. The quantitative estimate of drug-likeness (QED) is 0.444. The van der Waals surface area contributed by atoms with Gasteiger partial charge in [0.15, 0.2) is 0 Å². The van der Waals surface area contributed by atoms with Gasteiger partial charge in [-0.05, 0) is 55.3 Å². The Morgan fingerprint density at radius 1 is 1.03 bits per heavy atom. The molecule has 35 heavy (non-hydrogen) atoms. The number of nitrogens with one attached hydrogen (secondary N) is 1. The minimum Gasteiger partial charge on any atom is -0.492 e. The van der Waals surface area contributed by atoms with Crippen LogP contribution in [0.25, 0.3) is 0 Å². The maximum Gasteiger partial charge on any atom is 0.243 e. The summed E-state index contributed by atoms with van der Waals surface area (Å²) in [5.41, 5.74) is 0.143. The van der Waals surface area contributed by atoms with Crippen LogP contribution in [-0.4, -0.2) is 66.1 Å². The number of hydrogen-bond donors (Lipinski definition) is 1. The first-order valence-electron chi connectivity index (χ1n) is 10.9. The van der Waals surface area contributed by atoms with Crippen molar-refractivity contribution in [1.82, 2.24) is 9.62 Å². The molecule has 3 rings (SSSR count). The van der Waals surface area contributed by atoms with Crippen LogP contribution in [0.5, 0.6) is 5.75 Å². The molecule has 1 saturated heterocycles. The molecule has 0 radical (unpaired) electrons. The third-order valence-electron chi connectivity index (χ3n) is 5.34. The van der Waals surface area contributed by atoms with Crippen molar-refractivity contribution in [3.8, 4) is 5.75 Å². The molecule has 1 amide bonds. The van der Waals surface area contributed by atoms with E-state index in [4.69, 9.17) is 27.9 Å². The summed E-state index contributed by atoms with van der Waals surface area (Å²) in [7, 11) is -7.30. The van der Waals surface area contributed by atoms with Crippen LogP contribution < -0.4 is 14.4 Å². The van der Waals surface area contributed by atoms with Crippen LogP contribution in [0.15, 0.2) is 47.4 Å². The third kappa shape index (κ3) is 7.47. The lowest BCUT2D eigenvalue weighted by molar-refractivity contribution is -0.119. The predicted molar refractivity (Wildman–Crippen MR) is 136 cm³/mol. The lowest BCUT2D eigenvalue weighted by atomic mass is 10.2. The van der Waals surface area contributed by atoms with Crippen molar-refractivity contribution in [2.75, 3.05) is 43.3 Å². The first kappa shape index (κ1) is 27.5.